The summed E-state index contributed by atoms with van der Waals surface area (Å²) < 4.78 is 10.7. The molecule has 0 radical (unpaired) electrons. The molecule has 166 valence electrons. The van der Waals surface area contributed by atoms with Gasteiger partial charge in [-0.2, -0.15) is 0 Å². The van der Waals surface area contributed by atoms with E-state index in [0.29, 0.717) is 5.56 Å². The summed E-state index contributed by atoms with van der Waals surface area (Å²) in [6.45, 7) is 3.92. The number of hydrogen-bond acceptors (Lipinski definition) is 7. The van der Waals surface area contributed by atoms with Crippen LogP contribution < -0.4 is 9.47 Å². The van der Waals surface area contributed by atoms with E-state index < -0.39 is 11.9 Å². The van der Waals surface area contributed by atoms with Crippen molar-refractivity contribution in [2.24, 2.45) is 0 Å². The molecule has 0 unspecified atom stereocenters. The molecule has 1 aliphatic rings. The maximum Gasteiger partial charge on any atom is 0.414 e. The number of carbonyl (C=O) groups excluding carboxylic acids is 1. The van der Waals surface area contributed by atoms with Crippen molar-refractivity contribution in [2.45, 2.75) is 6.54 Å². The largest absolute Gasteiger partial charge is 0.497 e. The van der Waals surface area contributed by atoms with E-state index in [9.17, 15) is 4.79 Å². The van der Waals surface area contributed by atoms with E-state index >= 15 is 0 Å². The predicted octanol–water partition coefficient (Wildman–Crippen LogP) is 1.21. The van der Waals surface area contributed by atoms with Crippen LogP contribution >= 0.6 is 0 Å². The number of nitrogens with zero attached hydrogens (tertiary/aromatic N) is 3. The van der Waals surface area contributed by atoms with Gasteiger partial charge in [-0.1, -0.05) is 6.07 Å². The molecule has 1 saturated heterocycles. The molecule has 1 aromatic heterocycles. The van der Waals surface area contributed by atoms with E-state index in [4.69, 9.17) is 29.3 Å². The smallest absolute Gasteiger partial charge is 0.414 e. The average Bonchev–Trinajstić information content (AvgIpc) is 2.80. The van der Waals surface area contributed by atoms with Crippen LogP contribution in [-0.4, -0.2) is 83.2 Å². The summed E-state index contributed by atoms with van der Waals surface area (Å²) in [5.74, 6) is -1.96. The van der Waals surface area contributed by atoms with Crippen molar-refractivity contribution < 1.29 is 34.1 Å². The number of carbonyl (C=O) groups is 3. The summed E-state index contributed by atoms with van der Waals surface area (Å²) in [5, 5.41) is 14.8. The van der Waals surface area contributed by atoms with Crippen molar-refractivity contribution in [3.63, 3.8) is 0 Å². The highest BCUT2D eigenvalue weighted by molar-refractivity contribution is 6.27. The first-order chi connectivity index (χ1) is 14.8. The molecule has 0 bridgehead atoms. The molecule has 3 rings (SSSR count). The van der Waals surface area contributed by atoms with E-state index in [-0.39, 0.29) is 5.91 Å². The molecule has 0 aliphatic carbocycles. The summed E-state index contributed by atoms with van der Waals surface area (Å²) >= 11 is 0. The monoisotopic (exact) mass is 431 g/mol. The van der Waals surface area contributed by atoms with Gasteiger partial charge in [-0.05, 0) is 18.2 Å². The molecule has 0 saturated carbocycles. The van der Waals surface area contributed by atoms with Gasteiger partial charge in [0.15, 0.2) is 0 Å². The van der Waals surface area contributed by atoms with Crippen LogP contribution in [0.5, 0.6) is 11.5 Å². The second-order valence-electron chi connectivity index (χ2n) is 6.59. The lowest BCUT2D eigenvalue weighted by molar-refractivity contribution is -0.159. The van der Waals surface area contributed by atoms with Gasteiger partial charge in [-0.3, -0.25) is 14.7 Å². The fourth-order valence-corrected chi connectivity index (χ4v) is 3.01. The highest BCUT2D eigenvalue weighted by Gasteiger charge is 2.22. The van der Waals surface area contributed by atoms with Gasteiger partial charge in [0.25, 0.3) is 5.91 Å². The molecule has 1 amide bonds. The third-order valence-corrected chi connectivity index (χ3v) is 4.66. The number of amides is 1. The number of pyridine rings is 1. The summed E-state index contributed by atoms with van der Waals surface area (Å²) in [6.07, 6.45) is 3.30. The summed E-state index contributed by atoms with van der Waals surface area (Å²) in [7, 11) is 3.32. The van der Waals surface area contributed by atoms with Gasteiger partial charge < -0.3 is 24.6 Å². The zero-order chi connectivity index (χ0) is 22.8. The molecule has 1 aliphatic heterocycles. The zero-order valence-corrected chi connectivity index (χ0v) is 17.4. The van der Waals surface area contributed by atoms with Crippen LogP contribution in [0.3, 0.4) is 0 Å². The van der Waals surface area contributed by atoms with Crippen LogP contribution in [0.25, 0.3) is 0 Å². The average molecular weight is 431 g/mol. The quantitative estimate of drug-likeness (QED) is 0.671. The van der Waals surface area contributed by atoms with Crippen LogP contribution in [0.4, 0.5) is 0 Å². The van der Waals surface area contributed by atoms with Crippen LogP contribution in [-0.2, 0) is 16.1 Å². The van der Waals surface area contributed by atoms with Gasteiger partial charge in [0.1, 0.15) is 11.5 Å². The Morgan fingerprint density at radius 1 is 0.935 bits per heavy atom. The Balaban J connectivity index is 0.000000501. The van der Waals surface area contributed by atoms with Crippen LogP contribution in [0.2, 0.25) is 0 Å². The Labute approximate surface area is 179 Å². The number of hydrogen-bond donors (Lipinski definition) is 2. The topological polar surface area (TPSA) is 130 Å². The number of rotatable bonds is 5. The van der Waals surface area contributed by atoms with Crippen LogP contribution in [0.15, 0.2) is 42.7 Å². The third kappa shape index (κ3) is 6.96. The summed E-state index contributed by atoms with van der Waals surface area (Å²) in [5.41, 5.74) is 1.82. The molecule has 0 atom stereocenters. The SMILES string of the molecule is COc1ccc(CN2CCN(C(=O)c3ccncc3)CC2)c(OC)c1.O=C(O)C(=O)O. The third-order valence-electron chi connectivity index (χ3n) is 4.66. The predicted molar refractivity (Wildman–Crippen MR) is 110 cm³/mol. The normalized spacial score (nSPS) is 13.5. The standard InChI is InChI=1S/C19H23N3O3.C2H2O4/c1-24-17-4-3-16(18(13-17)25-2)14-21-9-11-22(12-10-21)19(23)15-5-7-20-8-6-15;3-1(4)2(5)6/h3-8,13H,9-12,14H2,1-2H3;(H,3,4)(H,5,6). The van der Waals surface area contributed by atoms with Crippen molar-refractivity contribution in [2.75, 3.05) is 40.4 Å². The van der Waals surface area contributed by atoms with E-state index in [1.807, 2.05) is 23.1 Å². The number of methoxy groups -OCH3 is 2. The maximum absolute atomic E-state index is 12.5. The molecule has 2 heterocycles. The number of carboxylic acid groups (broad SMARTS) is 2. The van der Waals surface area contributed by atoms with Gasteiger partial charge in [-0.25, -0.2) is 9.59 Å². The van der Waals surface area contributed by atoms with E-state index in [2.05, 4.69) is 9.88 Å². The molecular weight excluding hydrogens is 406 g/mol. The minimum atomic E-state index is -1.82. The Hall–Kier alpha value is -3.66. The van der Waals surface area contributed by atoms with Gasteiger partial charge in [0.2, 0.25) is 0 Å². The second kappa shape index (κ2) is 11.5. The van der Waals surface area contributed by atoms with Gasteiger partial charge in [-0.15, -0.1) is 0 Å². The van der Waals surface area contributed by atoms with Crippen molar-refractivity contribution in [1.29, 1.82) is 0 Å². The molecule has 1 fully saturated rings. The van der Waals surface area contributed by atoms with E-state index in [0.717, 1.165) is 49.8 Å². The van der Waals surface area contributed by atoms with E-state index in [1.54, 1.807) is 38.7 Å². The summed E-state index contributed by atoms with van der Waals surface area (Å²) in [6, 6.07) is 9.40. The Morgan fingerprint density at radius 3 is 2.06 bits per heavy atom. The lowest BCUT2D eigenvalue weighted by Gasteiger charge is -2.35. The van der Waals surface area contributed by atoms with Crippen molar-refractivity contribution in [3.8, 4) is 11.5 Å². The van der Waals surface area contributed by atoms with Gasteiger partial charge in [0.05, 0.1) is 14.2 Å². The Kier molecular flexibility index (Phi) is 8.77. The molecule has 10 nitrogen and oxygen atoms in total. The molecule has 2 aromatic rings. The van der Waals surface area contributed by atoms with Crippen LogP contribution in [0.1, 0.15) is 15.9 Å². The molecule has 0 spiro atoms. The fraction of sp³-hybridized carbons (Fsp3) is 0.333. The van der Waals surface area contributed by atoms with Gasteiger partial charge in [0, 0.05) is 62.3 Å². The lowest BCUT2D eigenvalue weighted by atomic mass is 10.1. The number of aliphatic carboxylic acids is 2. The number of piperazine rings is 1. The lowest BCUT2D eigenvalue weighted by Crippen LogP contribution is -2.48. The molecule has 31 heavy (non-hydrogen) atoms. The first kappa shape index (κ1) is 23.6. The van der Waals surface area contributed by atoms with Crippen molar-refractivity contribution >= 4 is 17.8 Å². The molecular formula is C21H25N3O7. The highest BCUT2D eigenvalue weighted by Crippen LogP contribution is 2.26. The molecule has 1 aromatic carbocycles. The van der Waals surface area contributed by atoms with Crippen molar-refractivity contribution in [3.05, 3.63) is 53.9 Å². The number of carboxylic acids is 2. The first-order valence-electron chi connectivity index (χ1n) is 9.44. The Bertz CT molecular complexity index is 885. The minimum Gasteiger partial charge on any atom is -0.497 e. The number of benzene rings is 1. The highest BCUT2D eigenvalue weighted by atomic mass is 16.5. The van der Waals surface area contributed by atoms with Gasteiger partial charge >= 0.3 is 11.9 Å². The first-order valence-corrected chi connectivity index (χ1v) is 9.44. The van der Waals surface area contributed by atoms with Crippen LogP contribution in [0, 0.1) is 0 Å². The van der Waals surface area contributed by atoms with Crippen molar-refractivity contribution in [1.82, 2.24) is 14.8 Å². The minimum absolute atomic E-state index is 0.0732. The fourth-order valence-electron chi connectivity index (χ4n) is 3.01. The zero-order valence-electron chi connectivity index (χ0n) is 17.4. The maximum atomic E-state index is 12.5. The molecule has 2 N–H and O–H groups in total. The molecule has 10 heteroatoms. The Morgan fingerprint density at radius 2 is 1.55 bits per heavy atom. The number of aromatic nitrogens is 1. The summed E-state index contributed by atoms with van der Waals surface area (Å²) in [4.78, 5) is 38.9. The second-order valence-corrected chi connectivity index (χ2v) is 6.59. The number of ether oxygens (including phenoxy) is 2. The van der Waals surface area contributed by atoms with E-state index in [1.165, 1.54) is 0 Å².